The van der Waals surface area contributed by atoms with Gasteiger partial charge in [0.2, 0.25) is 10.0 Å². The van der Waals surface area contributed by atoms with Gasteiger partial charge in [-0.15, -0.1) is 0 Å². The summed E-state index contributed by atoms with van der Waals surface area (Å²) in [5.41, 5.74) is 1.12. The summed E-state index contributed by atoms with van der Waals surface area (Å²) >= 11 is 0. The van der Waals surface area contributed by atoms with Gasteiger partial charge in [0.05, 0.1) is 18.4 Å². The summed E-state index contributed by atoms with van der Waals surface area (Å²) in [6.07, 6.45) is 0.157. The number of sulfonamides is 1. The molecular formula is C14H21NO5S. The molecule has 0 radical (unpaired) electrons. The Kier molecular flexibility index (Phi) is 5.74. The van der Waals surface area contributed by atoms with Crippen LogP contribution < -0.4 is 9.46 Å². The van der Waals surface area contributed by atoms with E-state index in [-0.39, 0.29) is 11.3 Å². The van der Waals surface area contributed by atoms with Crippen molar-refractivity contribution in [2.24, 2.45) is 0 Å². The fourth-order valence-corrected chi connectivity index (χ4v) is 3.98. The minimum Gasteiger partial charge on any atom is -0.497 e. The normalized spacial score (nSPS) is 13.0. The fraction of sp³-hybridized carbons (Fsp3) is 0.500. The van der Waals surface area contributed by atoms with Crippen LogP contribution in [0.5, 0.6) is 5.75 Å². The second kappa shape index (κ2) is 6.91. The van der Waals surface area contributed by atoms with Crippen LogP contribution in [-0.4, -0.2) is 32.6 Å². The van der Waals surface area contributed by atoms with Crippen LogP contribution in [0.1, 0.15) is 30.9 Å². The van der Waals surface area contributed by atoms with Gasteiger partial charge in [0.1, 0.15) is 5.75 Å². The molecule has 6 nitrogen and oxygen atoms in total. The molecule has 1 aromatic carbocycles. The predicted octanol–water partition coefficient (Wildman–Crippen LogP) is 1.84. The Labute approximate surface area is 125 Å². The summed E-state index contributed by atoms with van der Waals surface area (Å²) in [5, 5.41) is 8.81. The van der Waals surface area contributed by atoms with Gasteiger partial charge >= 0.3 is 5.97 Å². The molecule has 0 aliphatic rings. The summed E-state index contributed by atoms with van der Waals surface area (Å²) in [7, 11) is -2.26. The standard InChI is InChI=1S/C14H21NO5S/c1-5-11(8-13(16)17)15-21(18,19)14-9(2)6-12(20-4)7-10(14)3/h6-7,11,15H,5,8H2,1-4H3,(H,16,17). The maximum atomic E-state index is 12.5. The van der Waals surface area contributed by atoms with E-state index in [9.17, 15) is 13.2 Å². The zero-order chi connectivity index (χ0) is 16.2. The molecule has 0 spiro atoms. The van der Waals surface area contributed by atoms with Crippen molar-refractivity contribution in [2.75, 3.05) is 7.11 Å². The van der Waals surface area contributed by atoms with Gasteiger partial charge in [-0.3, -0.25) is 4.79 Å². The molecule has 21 heavy (non-hydrogen) atoms. The smallest absolute Gasteiger partial charge is 0.304 e. The van der Waals surface area contributed by atoms with Gasteiger partial charge in [-0.2, -0.15) is 0 Å². The molecule has 0 saturated heterocycles. The SMILES string of the molecule is CCC(CC(=O)O)NS(=O)(=O)c1c(C)cc(OC)cc1C. The average Bonchev–Trinajstić information content (AvgIpc) is 2.35. The van der Waals surface area contributed by atoms with Crippen molar-refractivity contribution < 1.29 is 23.1 Å². The number of benzene rings is 1. The number of methoxy groups -OCH3 is 1. The van der Waals surface area contributed by atoms with Crippen LogP contribution in [0, 0.1) is 13.8 Å². The Morgan fingerprint density at radius 3 is 2.24 bits per heavy atom. The second-order valence-electron chi connectivity index (χ2n) is 4.91. The van der Waals surface area contributed by atoms with E-state index in [1.807, 2.05) is 0 Å². The highest BCUT2D eigenvalue weighted by Crippen LogP contribution is 2.26. The minimum absolute atomic E-state index is 0.173. The lowest BCUT2D eigenvalue weighted by atomic mass is 10.1. The molecule has 1 unspecified atom stereocenters. The highest BCUT2D eigenvalue weighted by atomic mass is 32.2. The van der Waals surface area contributed by atoms with Crippen LogP contribution in [0.3, 0.4) is 0 Å². The van der Waals surface area contributed by atoms with E-state index < -0.39 is 22.0 Å². The molecule has 2 N–H and O–H groups in total. The monoisotopic (exact) mass is 315 g/mol. The van der Waals surface area contributed by atoms with Crippen molar-refractivity contribution in [1.29, 1.82) is 0 Å². The Hall–Kier alpha value is -1.60. The van der Waals surface area contributed by atoms with Gasteiger partial charge < -0.3 is 9.84 Å². The van der Waals surface area contributed by atoms with Crippen LogP contribution >= 0.6 is 0 Å². The number of aryl methyl sites for hydroxylation is 2. The fourth-order valence-electron chi connectivity index (χ4n) is 2.21. The third kappa shape index (κ3) is 4.44. The number of carboxylic acid groups (broad SMARTS) is 1. The van der Waals surface area contributed by atoms with E-state index in [0.29, 0.717) is 23.3 Å². The third-order valence-corrected chi connectivity index (χ3v) is 5.00. The van der Waals surface area contributed by atoms with Gasteiger partial charge in [0, 0.05) is 6.04 Å². The van der Waals surface area contributed by atoms with E-state index in [1.54, 1.807) is 32.9 Å². The largest absolute Gasteiger partial charge is 0.497 e. The van der Waals surface area contributed by atoms with Crippen LogP contribution in [0.2, 0.25) is 0 Å². The molecule has 0 aromatic heterocycles. The second-order valence-corrected chi connectivity index (χ2v) is 6.57. The topological polar surface area (TPSA) is 92.7 Å². The number of ether oxygens (including phenoxy) is 1. The van der Waals surface area contributed by atoms with Crippen LogP contribution in [0.15, 0.2) is 17.0 Å². The average molecular weight is 315 g/mol. The molecule has 0 heterocycles. The molecule has 0 aliphatic heterocycles. The summed E-state index contributed by atoms with van der Waals surface area (Å²) in [5.74, 6) is -0.450. The lowest BCUT2D eigenvalue weighted by Crippen LogP contribution is -2.36. The van der Waals surface area contributed by atoms with Gasteiger partial charge in [-0.1, -0.05) is 6.92 Å². The summed E-state index contributed by atoms with van der Waals surface area (Å²) in [4.78, 5) is 10.9. The molecule has 0 fully saturated rings. The maximum Gasteiger partial charge on any atom is 0.304 e. The molecule has 0 aliphatic carbocycles. The zero-order valence-electron chi connectivity index (χ0n) is 12.6. The van der Waals surface area contributed by atoms with E-state index >= 15 is 0 Å². The molecule has 7 heteroatoms. The number of hydrogen-bond donors (Lipinski definition) is 2. The van der Waals surface area contributed by atoms with Crippen LogP contribution in [0.25, 0.3) is 0 Å². The van der Waals surface area contributed by atoms with Crippen molar-refractivity contribution in [1.82, 2.24) is 4.72 Å². The number of hydrogen-bond acceptors (Lipinski definition) is 4. The Bertz CT molecular complexity index is 601. The Morgan fingerprint density at radius 2 is 1.86 bits per heavy atom. The van der Waals surface area contributed by atoms with Gasteiger partial charge in [0.25, 0.3) is 0 Å². The molecule has 0 bridgehead atoms. The maximum absolute atomic E-state index is 12.5. The van der Waals surface area contributed by atoms with Crippen LogP contribution in [-0.2, 0) is 14.8 Å². The van der Waals surface area contributed by atoms with Crippen molar-refractivity contribution in [3.05, 3.63) is 23.3 Å². The molecule has 1 aromatic rings. The van der Waals surface area contributed by atoms with Crippen molar-refractivity contribution in [3.8, 4) is 5.75 Å². The summed E-state index contributed by atoms with van der Waals surface area (Å²) in [6, 6.07) is 2.65. The van der Waals surface area contributed by atoms with Crippen molar-refractivity contribution >= 4 is 16.0 Å². The molecular weight excluding hydrogens is 294 g/mol. The molecule has 1 atom stereocenters. The first-order valence-corrected chi connectivity index (χ1v) is 8.09. The van der Waals surface area contributed by atoms with Gasteiger partial charge in [-0.05, 0) is 43.5 Å². The Balaban J connectivity index is 3.16. The number of nitrogens with one attached hydrogen (secondary N) is 1. The van der Waals surface area contributed by atoms with Crippen molar-refractivity contribution in [3.63, 3.8) is 0 Å². The number of rotatable bonds is 7. The van der Waals surface area contributed by atoms with E-state index in [0.717, 1.165) is 0 Å². The quantitative estimate of drug-likeness (QED) is 0.801. The first-order valence-electron chi connectivity index (χ1n) is 6.60. The molecule has 0 saturated carbocycles. The third-order valence-electron chi connectivity index (χ3n) is 3.17. The van der Waals surface area contributed by atoms with E-state index in [1.165, 1.54) is 7.11 Å². The molecule has 1 rings (SSSR count). The number of carbonyl (C=O) groups is 1. The first-order chi connectivity index (χ1) is 9.71. The predicted molar refractivity (Wildman–Crippen MR) is 79.1 cm³/mol. The van der Waals surface area contributed by atoms with Gasteiger partial charge in [-0.25, -0.2) is 13.1 Å². The lowest BCUT2D eigenvalue weighted by Gasteiger charge is -2.18. The van der Waals surface area contributed by atoms with E-state index in [4.69, 9.17) is 9.84 Å². The molecule has 0 amide bonds. The van der Waals surface area contributed by atoms with Crippen LogP contribution in [0.4, 0.5) is 0 Å². The van der Waals surface area contributed by atoms with Crippen molar-refractivity contribution in [2.45, 2.75) is 44.6 Å². The highest BCUT2D eigenvalue weighted by Gasteiger charge is 2.24. The highest BCUT2D eigenvalue weighted by molar-refractivity contribution is 7.89. The molecule has 118 valence electrons. The summed E-state index contributed by atoms with van der Waals surface area (Å²) < 4.78 is 32.5. The Morgan fingerprint density at radius 1 is 1.33 bits per heavy atom. The number of carboxylic acids is 1. The minimum atomic E-state index is -3.77. The first kappa shape index (κ1) is 17.5. The summed E-state index contributed by atoms with van der Waals surface area (Å²) in [6.45, 7) is 5.11. The zero-order valence-corrected chi connectivity index (χ0v) is 13.5. The van der Waals surface area contributed by atoms with E-state index in [2.05, 4.69) is 4.72 Å². The lowest BCUT2D eigenvalue weighted by molar-refractivity contribution is -0.137. The van der Waals surface area contributed by atoms with Gasteiger partial charge in [0.15, 0.2) is 0 Å². The number of aliphatic carboxylic acids is 1.